The van der Waals surface area contributed by atoms with E-state index in [0.29, 0.717) is 11.8 Å². The fourth-order valence-electron chi connectivity index (χ4n) is 3.91. The van der Waals surface area contributed by atoms with Gasteiger partial charge in [-0.15, -0.1) is 0 Å². The van der Waals surface area contributed by atoms with Crippen molar-refractivity contribution in [1.82, 2.24) is 4.98 Å². The highest BCUT2D eigenvalue weighted by molar-refractivity contribution is 5.91. The first-order chi connectivity index (χ1) is 9.88. The number of allylic oxidation sites excluding steroid dienone is 1. The molecular weight excluding hydrogens is 246 g/mol. The highest BCUT2D eigenvalue weighted by Crippen LogP contribution is 2.47. The number of hydrogen-bond donors (Lipinski definition) is 0. The van der Waals surface area contributed by atoms with Gasteiger partial charge in [0.05, 0.1) is 18.6 Å². The molecule has 102 valence electrons. The van der Waals surface area contributed by atoms with Crippen molar-refractivity contribution in [3.63, 3.8) is 0 Å². The molecule has 2 aromatic rings. The predicted octanol–water partition coefficient (Wildman–Crippen LogP) is 4.51. The molecule has 0 amide bonds. The number of ether oxygens (including phenoxy) is 1. The molecule has 4 rings (SSSR count). The molecule has 0 N–H and O–H groups in total. The summed E-state index contributed by atoms with van der Waals surface area (Å²) in [4.78, 5) is 4.80. The molecule has 0 aliphatic heterocycles. The Kier molecular flexibility index (Phi) is 2.76. The molecule has 2 atom stereocenters. The molecule has 2 nitrogen and oxygen atoms in total. The Morgan fingerprint density at radius 3 is 2.75 bits per heavy atom. The third-order valence-electron chi connectivity index (χ3n) is 4.87. The number of nitrogens with zero attached hydrogens (tertiary/aromatic N) is 1. The van der Waals surface area contributed by atoms with Crippen LogP contribution in [0.4, 0.5) is 0 Å². The van der Waals surface area contributed by atoms with Gasteiger partial charge >= 0.3 is 0 Å². The largest absolute Gasteiger partial charge is 0.501 e. The topological polar surface area (TPSA) is 22.1 Å². The first-order valence-electron chi connectivity index (χ1n) is 7.51. The van der Waals surface area contributed by atoms with E-state index in [1.807, 2.05) is 6.20 Å². The van der Waals surface area contributed by atoms with Crippen molar-refractivity contribution < 1.29 is 4.74 Å². The van der Waals surface area contributed by atoms with Crippen LogP contribution in [0.25, 0.3) is 16.8 Å². The summed E-state index contributed by atoms with van der Waals surface area (Å²) in [5.74, 6) is 2.23. The number of aromatic nitrogens is 1. The van der Waals surface area contributed by atoms with Gasteiger partial charge in [0.2, 0.25) is 0 Å². The molecule has 1 fully saturated rings. The number of pyridine rings is 1. The van der Waals surface area contributed by atoms with Gasteiger partial charge in [-0.05, 0) is 24.3 Å². The Bertz CT molecular complexity index is 689. The number of hydrogen-bond acceptors (Lipinski definition) is 2. The molecule has 0 radical (unpaired) electrons. The average Bonchev–Trinajstić information content (AvgIpc) is 2.53. The van der Waals surface area contributed by atoms with E-state index in [9.17, 15) is 0 Å². The lowest BCUT2D eigenvalue weighted by molar-refractivity contribution is 0.195. The van der Waals surface area contributed by atoms with Crippen LogP contribution in [-0.4, -0.2) is 12.1 Å². The minimum atomic E-state index is 0.537. The maximum atomic E-state index is 5.70. The van der Waals surface area contributed by atoms with E-state index >= 15 is 0 Å². The van der Waals surface area contributed by atoms with E-state index in [2.05, 4.69) is 30.3 Å². The van der Waals surface area contributed by atoms with Gasteiger partial charge in [0.1, 0.15) is 0 Å². The second-order valence-electron chi connectivity index (χ2n) is 5.89. The first-order valence-corrected chi connectivity index (χ1v) is 7.51. The van der Waals surface area contributed by atoms with E-state index < -0.39 is 0 Å². The molecule has 1 aromatic heterocycles. The third-order valence-corrected chi connectivity index (χ3v) is 4.87. The summed E-state index contributed by atoms with van der Waals surface area (Å²) in [7, 11) is 1.81. The summed E-state index contributed by atoms with van der Waals surface area (Å²) in [5, 5.41) is 2.52. The Labute approximate surface area is 119 Å². The number of rotatable bonds is 1. The zero-order valence-electron chi connectivity index (χ0n) is 11.8. The summed E-state index contributed by atoms with van der Waals surface area (Å²) >= 11 is 0. The lowest BCUT2D eigenvalue weighted by Crippen LogP contribution is -2.25. The van der Waals surface area contributed by atoms with Gasteiger partial charge in [-0.3, -0.25) is 4.98 Å². The molecule has 0 bridgehead atoms. The second-order valence-corrected chi connectivity index (χ2v) is 5.89. The molecule has 0 unspecified atom stereocenters. The van der Waals surface area contributed by atoms with Crippen molar-refractivity contribution in [1.29, 1.82) is 0 Å². The van der Waals surface area contributed by atoms with Gasteiger partial charge in [0.15, 0.2) is 0 Å². The summed E-state index contributed by atoms with van der Waals surface area (Å²) in [5.41, 5.74) is 2.57. The zero-order valence-corrected chi connectivity index (χ0v) is 11.8. The van der Waals surface area contributed by atoms with E-state index in [0.717, 1.165) is 5.76 Å². The monoisotopic (exact) mass is 265 g/mol. The zero-order chi connectivity index (χ0) is 13.5. The third kappa shape index (κ3) is 1.67. The SMILES string of the molecule is COC1=Cc2c(ncc3ccccc23)[C@@H]2CCCC[C@H]12. The Hall–Kier alpha value is -1.83. The first kappa shape index (κ1) is 12.0. The fourth-order valence-corrected chi connectivity index (χ4v) is 3.91. The van der Waals surface area contributed by atoms with Crippen LogP contribution in [0.5, 0.6) is 0 Å². The highest BCUT2D eigenvalue weighted by Gasteiger charge is 2.35. The molecule has 2 heteroatoms. The Morgan fingerprint density at radius 2 is 1.90 bits per heavy atom. The number of methoxy groups -OCH3 is 1. The van der Waals surface area contributed by atoms with Crippen molar-refractivity contribution in [2.24, 2.45) is 5.92 Å². The van der Waals surface area contributed by atoms with Gasteiger partial charge in [-0.2, -0.15) is 0 Å². The summed E-state index contributed by atoms with van der Waals surface area (Å²) in [6.45, 7) is 0. The lowest BCUT2D eigenvalue weighted by Gasteiger charge is -2.36. The van der Waals surface area contributed by atoms with Gasteiger partial charge in [0.25, 0.3) is 0 Å². The quantitative estimate of drug-likeness (QED) is 0.757. The van der Waals surface area contributed by atoms with Gasteiger partial charge < -0.3 is 4.74 Å². The summed E-state index contributed by atoms with van der Waals surface area (Å²) in [6.07, 6.45) is 9.36. The summed E-state index contributed by atoms with van der Waals surface area (Å²) < 4.78 is 5.70. The van der Waals surface area contributed by atoms with Crippen LogP contribution in [0, 0.1) is 5.92 Å². The Morgan fingerprint density at radius 1 is 1.10 bits per heavy atom. The molecule has 0 spiro atoms. The lowest BCUT2D eigenvalue weighted by atomic mass is 9.71. The average molecular weight is 265 g/mol. The maximum Gasteiger partial charge on any atom is 0.0999 e. The van der Waals surface area contributed by atoms with Gasteiger partial charge in [-0.1, -0.05) is 37.1 Å². The summed E-state index contributed by atoms with van der Waals surface area (Å²) in [6, 6.07) is 8.51. The minimum absolute atomic E-state index is 0.537. The maximum absolute atomic E-state index is 5.70. The van der Waals surface area contributed by atoms with Gasteiger partial charge in [-0.25, -0.2) is 0 Å². The molecule has 2 aliphatic carbocycles. The molecule has 20 heavy (non-hydrogen) atoms. The number of fused-ring (bicyclic) bond motifs is 5. The molecular formula is C18H19NO. The van der Waals surface area contributed by atoms with Crippen molar-refractivity contribution in [3.05, 3.63) is 47.5 Å². The van der Waals surface area contributed by atoms with Crippen LogP contribution in [-0.2, 0) is 4.74 Å². The molecule has 1 aromatic carbocycles. The second kappa shape index (κ2) is 4.62. The number of benzene rings is 1. The van der Waals surface area contributed by atoms with Crippen molar-refractivity contribution >= 4 is 16.8 Å². The minimum Gasteiger partial charge on any atom is -0.501 e. The normalized spacial score (nSPS) is 24.8. The molecule has 1 saturated carbocycles. The Balaban J connectivity index is 1.97. The van der Waals surface area contributed by atoms with Crippen LogP contribution in [0.1, 0.15) is 42.9 Å². The van der Waals surface area contributed by atoms with E-state index in [4.69, 9.17) is 9.72 Å². The molecule has 1 heterocycles. The van der Waals surface area contributed by atoms with E-state index in [1.165, 1.54) is 47.7 Å². The van der Waals surface area contributed by atoms with Crippen molar-refractivity contribution in [3.8, 4) is 0 Å². The smallest absolute Gasteiger partial charge is 0.0999 e. The fraction of sp³-hybridized carbons (Fsp3) is 0.389. The van der Waals surface area contributed by atoms with E-state index in [1.54, 1.807) is 7.11 Å². The van der Waals surface area contributed by atoms with Gasteiger partial charge in [0, 0.05) is 29.0 Å². The van der Waals surface area contributed by atoms with E-state index in [-0.39, 0.29) is 0 Å². The van der Waals surface area contributed by atoms with Crippen LogP contribution < -0.4 is 0 Å². The highest BCUT2D eigenvalue weighted by atomic mass is 16.5. The van der Waals surface area contributed by atoms with Crippen molar-refractivity contribution in [2.45, 2.75) is 31.6 Å². The van der Waals surface area contributed by atoms with Crippen LogP contribution in [0.3, 0.4) is 0 Å². The van der Waals surface area contributed by atoms with Crippen LogP contribution in [0.2, 0.25) is 0 Å². The van der Waals surface area contributed by atoms with Crippen LogP contribution >= 0.6 is 0 Å². The predicted molar refractivity (Wildman–Crippen MR) is 81.4 cm³/mol. The molecule has 0 saturated heterocycles. The van der Waals surface area contributed by atoms with Crippen LogP contribution in [0.15, 0.2) is 36.2 Å². The van der Waals surface area contributed by atoms with Crippen molar-refractivity contribution in [2.75, 3.05) is 7.11 Å². The molecule has 2 aliphatic rings. The standard InChI is InChI=1S/C18H19NO/c1-20-17-10-16-13-7-3-2-6-12(13)11-19-18(16)15-9-5-4-8-14(15)17/h2-3,6-7,10-11,14-15H,4-5,8-9H2,1H3/t14-,15+/m0/s1.